The third-order valence-corrected chi connectivity index (χ3v) is 7.08. The number of likely N-dealkylation sites (N-methyl/N-ethyl adjacent to an activating group) is 1. The van der Waals surface area contributed by atoms with E-state index < -0.39 is 0 Å². The number of rotatable bonds is 7. The largest absolute Gasteiger partial charge is 0.369 e. The minimum Gasteiger partial charge on any atom is -0.369 e. The molecule has 1 aliphatic heterocycles. The van der Waals surface area contributed by atoms with Crippen molar-refractivity contribution in [3.63, 3.8) is 0 Å². The Kier molecular flexibility index (Phi) is 6.75. The van der Waals surface area contributed by atoms with Crippen LogP contribution in [0.4, 0.5) is 11.5 Å². The molecule has 0 saturated carbocycles. The SMILES string of the molecule is CN1CCN(c2ccc(C(=O)Nc3[nH]nc4sc(C(=O)NNCc5ccccc5)cc34)cc2)CC1. The third kappa shape index (κ3) is 5.35. The highest BCUT2D eigenvalue weighted by Crippen LogP contribution is 2.29. The Morgan fingerprint density at radius 1 is 1.00 bits per heavy atom. The molecule has 5 rings (SSSR count). The van der Waals surface area contributed by atoms with Gasteiger partial charge in [0, 0.05) is 44.0 Å². The summed E-state index contributed by atoms with van der Waals surface area (Å²) in [6.07, 6.45) is 0. The van der Waals surface area contributed by atoms with E-state index in [4.69, 9.17) is 0 Å². The number of nitrogens with zero attached hydrogens (tertiary/aromatic N) is 3. The van der Waals surface area contributed by atoms with Gasteiger partial charge >= 0.3 is 0 Å². The molecule has 1 saturated heterocycles. The number of nitrogens with one attached hydrogen (secondary N) is 4. The number of aromatic nitrogens is 2. The van der Waals surface area contributed by atoms with E-state index in [0.29, 0.717) is 33.0 Å². The van der Waals surface area contributed by atoms with E-state index in [0.717, 1.165) is 37.4 Å². The predicted octanol–water partition coefficient (Wildman–Crippen LogP) is 3.06. The Bertz CT molecular complexity index is 1310. The quantitative estimate of drug-likeness (QED) is 0.298. The lowest BCUT2D eigenvalue weighted by Crippen LogP contribution is -2.44. The molecular weight excluding hydrogens is 462 g/mol. The van der Waals surface area contributed by atoms with Crippen molar-refractivity contribution in [3.05, 3.63) is 76.7 Å². The molecule has 0 bridgehead atoms. The Hall–Kier alpha value is -3.73. The summed E-state index contributed by atoms with van der Waals surface area (Å²) in [6.45, 7) is 4.53. The Balaban J connectivity index is 1.20. The zero-order valence-corrected chi connectivity index (χ0v) is 20.2. The fourth-order valence-electron chi connectivity index (χ4n) is 3.98. The van der Waals surface area contributed by atoms with Gasteiger partial charge in [-0.15, -0.1) is 11.3 Å². The van der Waals surface area contributed by atoms with Crippen LogP contribution in [0.15, 0.2) is 60.7 Å². The summed E-state index contributed by atoms with van der Waals surface area (Å²) in [4.78, 5) is 31.2. The summed E-state index contributed by atoms with van der Waals surface area (Å²) in [5, 5.41) is 10.7. The number of carbonyl (C=O) groups excluding carboxylic acids is 2. The van der Waals surface area contributed by atoms with Gasteiger partial charge < -0.3 is 15.1 Å². The summed E-state index contributed by atoms with van der Waals surface area (Å²) in [6, 6.07) is 19.2. The molecule has 0 radical (unpaired) electrons. The molecule has 0 spiro atoms. The lowest BCUT2D eigenvalue weighted by molar-refractivity contribution is 0.0936. The van der Waals surface area contributed by atoms with E-state index >= 15 is 0 Å². The zero-order valence-electron chi connectivity index (χ0n) is 19.4. The van der Waals surface area contributed by atoms with Crippen LogP contribution in [0.3, 0.4) is 0 Å². The van der Waals surface area contributed by atoms with Gasteiger partial charge in [-0.1, -0.05) is 30.3 Å². The molecule has 180 valence electrons. The summed E-state index contributed by atoms with van der Waals surface area (Å²) < 4.78 is 0. The molecule has 4 aromatic rings. The minimum absolute atomic E-state index is 0.234. The van der Waals surface area contributed by atoms with Crippen molar-refractivity contribution < 1.29 is 9.59 Å². The molecular formula is C25H27N7O2S. The van der Waals surface area contributed by atoms with Crippen LogP contribution >= 0.6 is 11.3 Å². The van der Waals surface area contributed by atoms with Crippen molar-refractivity contribution in [1.29, 1.82) is 0 Å². The van der Waals surface area contributed by atoms with Crippen LogP contribution in [0.25, 0.3) is 10.2 Å². The van der Waals surface area contributed by atoms with Crippen molar-refractivity contribution >= 4 is 44.9 Å². The van der Waals surface area contributed by atoms with E-state index in [2.05, 4.69) is 43.2 Å². The number of thiophene rings is 1. The normalized spacial score (nSPS) is 14.3. The van der Waals surface area contributed by atoms with Crippen LogP contribution < -0.4 is 21.1 Å². The molecule has 4 N–H and O–H groups in total. The second-order valence-electron chi connectivity index (χ2n) is 8.51. The first kappa shape index (κ1) is 23.0. The Labute approximate surface area is 207 Å². The number of hydrogen-bond acceptors (Lipinski definition) is 7. The summed E-state index contributed by atoms with van der Waals surface area (Å²) in [7, 11) is 2.13. The van der Waals surface area contributed by atoms with Crippen LogP contribution in [-0.4, -0.2) is 60.1 Å². The number of H-pyrrole nitrogens is 1. The number of benzene rings is 2. The highest BCUT2D eigenvalue weighted by Gasteiger charge is 2.18. The highest BCUT2D eigenvalue weighted by molar-refractivity contribution is 7.20. The molecule has 1 aliphatic rings. The van der Waals surface area contributed by atoms with Gasteiger partial charge in [0.2, 0.25) is 0 Å². The number of fused-ring (bicyclic) bond motifs is 1. The van der Waals surface area contributed by atoms with Gasteiger partial charge in [-0.05, 0) is 42.9 Å². The van der Waals surface area contributed by atoms with Gasteiger partial charge in [-0.2, -0.15) is 5.10 Å². The second kappa shape index (κ2) is 10.3. The van der Waals surface area contributed by atoms with Gasteiger partial charge in [-0.25, -0.2) is 5.43 Å². The molecule has 2 amide bonds. The lowest BCUT2D eigenvalue weighted by Gasteiger charge is -2.34. The van der Waals surface area contributed by atoms with Crippen molar-refractivity contribution in [2.24, 2.45) is 0 Å². The maximum Gasteiger partial charge on any atom is 0.275 e. The van der Waals surface area contributed by atoms with Crippen LogP contribution in [-0.2, 0) is 6.54 Å². The monoisotopic (exact) mass is 489 g/mol. The van der Waals surface area contributed by atoms with Crippen LogP contribution in [0.1, 0.15) is 25.6 Å². The number of piperazine rings is 1. The zero-order chi connectivity index (χ0) is 24.2. The number of hydrogen-bond donors (Lipinski definition) is 4. The van der Waals surface area contributed by atoms with E-state index in [1.807, 2.05) is 54.6 Å². The van der Waals surface area contributed by atoms with Crippen molar-refractivity contribution in [3.8, 4) is 0 Å². The maximum absolute atomic E-state index is 12.8. The number of anilines is 2. The van der Waals surface area contributed by atoms with E-state index in [-0.39, 0.29) is 11.8 Å². The van der Waals surface area contributed by atoms with Crippen molar-refractivity contribution in [2.75, 3.05) is 43.4 Å². The molecule has 0 unspecified atom stereocenters. The number of aromatic amines is 1. The van der Waals surface area contributed by atoms with E-state index in [1.54, 1.807) is 6.07 Å². The summed E-state index contributed by atoms with van der Waals surface area (Å²) in [5.74, 6) is -0.0106. The average molecular weight is 490 g/mol. The third-order valence-electron chi connectivity index (χ3n) is 6.05. The topological polar surface area (TPSA) is 105 Å². The van der Waals surface area contributed by atoms with Crippen molar-refractivity contribution in [2.45, 2.75) is 6.54 Å². The molecule has 0 aliphatic carbocycles. The molecule has 10 heteroatoms. The van der Waals surface area contributed by atoms with Gasteiger partial charge in [0.15, 0.2) is 0 Å². The fourth-order valence-corrected chi connectivity index (χ4v) is 4.87. The van der Waals surface area contributed by atoms with Crippen LogP contribution in [0.5, 0.6) is 0 Å². The molecule has 1 fully saturated rings. The minimum atomic E-state index is -0.249. The second-order valence-corrected chi connectivity index (χ2v) is 9.54. The van der Waals surface area contributed by atoms with Crippen LogP contribution in [0, 0.1) is 0 Å². The Morgan fingerprint density at radius 2 is 1.74 bits per heavy atom. The molecule has 3 heterocycles. The first-order chi connectivity index (χ1) is 17.1. The lowest BCUT2D eigenvalue weighted by atomic mass is 10.1. The average Bonchev–Trinajstić information content (AvgIpc) is 3.47. The Morgan fingerprint density at radius 3 is 2.49 bits per heavy atom. The highest BCUT2D eigenvalue weighted by atomic mass is 32.1. The first-order valence-corrected chi connectivity index (χ1v) is 12.3. The fraction of sp³-hybridized carbons (Fsp3) is 0.240. The predicted molar refractivity (Wildman–Crippen MR) is 139 cm³/mol. The molecule has 2 aromatic heterocycles. The summed E-state index contributed by atoms with van der Waals surface area (Å²) >= 11 is 1.26. The van der Waals surface area contributed by atoms with Crippen molar-refractivity contribution in [1.82, 2.24) is 25.9 Å². The maximum atomic E-state index is 12.8. The molecule has 35 heavy (non-hydrogen) atoms. The molecule has 2 aromatic carbocycles. The summed E-state index contributed by atoms with van der Waals surface area (Å²) in [5.41, 5.74) is 8.39. The first-order valence-electron chi connectivity index (χ1n) is 11.5. The number of amides is 2. The van der Waals surface area contributed by atoms with E-state index in [9.17, 15) is 9.59 Å². The molecule has 0 atom stereocenters. The smallest absolute Gasteiger partial charge is 0.275 e. The van der Waals surface area contributed by atoms with Crippen LogP contribution in [0.2, 0.25) is 0 Å². The number of carbonyl (C=O) groups is 2. The molecule has 9 nitrogen and oxygen atoms in total. The van der Waals surface area contributed by atoms with Gasteiger partial charge in [0.05, 0.1) is 10.3 Å². The number of hydrazine groups is 1. The standard InChI is InChI=1S/C25H27N7O2S/c1-31-11-13-32(14-12-31)19-9-7-18(8-10-19)23(33)27-22-20-15-21(35-25(20)30-28-22)24(34)29-26-16-17-5-3-2-4-6-17/h2-10,15,26H,11-14,16H2,1H3,(H,29,34)(H2,27,28,30,33). The van der Waals surface area contributed by atoms with Gasteiger partial charge in [-0.3, -0.25) is 20.1 Å². The van der Waals surface area contributed by atoms with Gasteiger partial charge in [0.25, 0.3) is 11.8 Å². The van der Waals surface area contributed by atoms with Gasteiger partial charge in [0.1, 0.15) is 10.6 Å². The van der Waals surface area contributed by atoms with E-state index in [1.165, 1.54) is 11.3 Å².